The van der Waals surface area contributed by atoms with Gasteiger partial charge in [-0.15, -0.1) is 0 Å². The molecular weight excluding hydrogens is 392 g/mol. The molecule has 2 aromatic carbocycles. The Morgan fingerprint density at radius 2 is 1.81 bits per heavy atom. The second kappa shape index (κ2) is 11.7. The Hall–Kier alpha value is -2.57. The molecule has 0 spiro atoms. The molecule has 0 amide bonds. The van der Waals surface area contributed by atoms with Crippen molar-refractivity contribution in [1.29, 1.82) is 0 Å². The van der Waals surface area contributed by atoms with Gasteiger partial charge in [0.05, 0.1) is 18.4 Å². The summed E-state index contributed by atoms with van der Waals surface area (Å²) in [4.78, 5) is 12.0. The number of esters is 1. The first-order valence-corrected chi connectivity index (χ1v) is 10.9. The zero-order valence-electron chi connectivity index (χ0n) is 19.3. The van der Waals surface area contributed by atoms with E-state index in [1.54, 1.807) is 12.1 Å². The van der Waals surface area contributed by atoms with E-state index in [2.05, 4.69) is 31.4 Å². The van der Waals surface area contributed by atoms with E-state index >= 15 is 0 Å². The lowest BCUT2D eigenvalue weighted by atomic mass is 10.0. The maximum Gasteiger partial charge on any atom is 0.311 e. The number of benzene rings is 2. The second-order valence-electron chi connectivity index (χ2n) is 8.56. The van der Waals surface area contributed by atoms with Crippen LogP contribution in [0, 0.1) is 0 Å². The van der Waals surface area contributed by atoms with Crippen LogP contribution in [0.25, 0.3) is 0 Å². The maximum absolute atomic E-state index is 12.0. The number of β-amino-alcohol motifs (C(OH)–C–C–N with tert-alkyl or cyclic N) is 1. The average Bonchev–Trinajstić information content (AvgIpc) is 2.72. The Kier molecular flexibility index (Phi) is 9.34. The summed E-state index contributed by atoms with van der Waals surface area (Å²) in [6, 6.07) is 13.2. The molecule has 0 saturated heterocycles. The quantitative estimate of drug-likeness (QED) is 0.352. The average molecular weight is 429 g/mol. The molecule has 0 aliphatic carbocycles. The molecule has 2 aromatic rings. The van der Waals surface area contributed by atoms with Crippen molar-refractivity contribution in [3.8, 4) is 11.5 Å². The number of aliphatic hydroxyl groups is 1. The van der Waals surface area contributed by atoms with Gasteiger partial charge in [0.2, 0.25) is 0 Å². The zero-order valence-corrected chi connectivity index (χ0v) is 19.3. The highest BCUT2D eigenvalue weighted by Crippen LogP contribution is 2.30. The van der Waals surface area contributed by atoms with Gasteiger partial charge in [0.1, 0.15) is 5.75 Å². The normalized spacial score (nSPS) is 12.3. The second-order valence-corrected chi connectivity index (χ2v) is 8.56. The molecule has 0 fully saturated rings. The summed E-state index contributed by atoms with van der Waals surface area (Å²) >= 11 is 0. The van der Waals surface area contributed by atoms with Gasteiger partial charge < -0.3 is 25.2 Å². The summed E-state index contributed by atoms with van der Waals surface area (Å²) in [6.07, 6.45) is 0.409. The van der Waals surface area contributed by atoms with E-state index in [0.29, 0.717) is 37.6 Å². The lowest BCUT2D eigenvalue weighted by Gasteiger charge is -2.23. The summed E-state index contributed by atoms with van der Waals surface area (Å²) in [6.45, 7) is 11.7. The maximum atomic E-state index is 12.0. The van der Waals surface area contributed by atoms with Crippen molar-refractivity contribution in [2.24, 2.45) is 0 Å². The minimum atomic E-state index is -0.675. The van der Waals surface area contributed by atoms with Crippen molar-refractivity contribution in [2.45, 2.75) is 65.6 Å². The van der Waals surface area contributed by atoms with Crippen LogP contribution in [0.2, 0.25) is 0 Å². The SMILES string of the molecule is CCCC(=O)Oc1ccc(C(O)CNC(C)(C)C)cc1NCc1ccc(OCC)cc1. The molecule has 0 radical (unpaired) electrons. The Balaban J connectivity index is 2.17. The number of carbonyl (C=O) groups excluding carboxylic acids is 1. The minimum Gasteiger partial charge on any atom is -0.494 e. The molecule has 6 heteroatoms. The van der Waals surface area contributed by atoms with Gasteiger partial charge in [0.25, 0.3) is 0 Å². The van der Waals surface area contributed by atoms with Gasteiger partial charge in [0.15, 0.2) is 5.75 Å². The molecule has 0 heterocycles. The summed E-state index contributed by atoms with van der Waals surface area (Å²) in [7, 11) is 0. The van der Waals surface area contributed by atoms with Crippen molar-refractivity contribution in [3.63, 3.8) is 0 Å². The van der Waals surface area contributed by atoms with Crippen molar-refractivity contribution < 1.29 is 19.4 Å². The molecule has 0 saturated carbocycles. The molecule has 6 nitrogen and oxygen atoms in total. The van der Waals surface area contributed by atoms with Crippen LogP contribution in [-0.2, 0) is 11.3 Å². The van der Waals surface area contributed by atoms with Crippen LogP contribution in [0.3, 0.4) is 0 Å². The number of carbonyl (C=O) groups is 1. The molecule has 170 valence electrons. The minimum absolute atomic E-state index is 0.0919. The summed E-state index contributed by atoms with van der Waals surface area (Å²) in [5, 5.41) is 17.3. The van der Waals surface area contributed by atoms with Crippen molar-refractivity contribution in [1.82, 2.24) is 5.32 Å². The fourth-order valence-electron chi connectivity index (χ4n) is 2.95. The Labute approximate surface area is 186 Å². The first kappa shape index (κ1) is 24.7. The molecular formula is C25H36N2O4. The molecule has 0 aliphatic rings. The van der Waals surface area contributed by atoms with E-state index in [0.717, 1.165) is 23.3 Å². The first-order chi connectivity index (χ1) is 14.7. The molecule has 0 aliphatic heterocycles. The van der Waals surface area contributed by atoms with E-state index in [4.69, 9.17) is 9.47 Å². The van der Waals surface area contributed by atoms with Gasteiger partial charge in [-0.2, -0.15) is 0 Å². The van der Waals surface area contributed by atoms with Gasteiger partial charge >= 0.3 is 5.97 Å². The lowest BCUT2D eigenvalue weighted by molar-refractivity contribution is -0.134. The standard InChI is InChI=1S/C25H36N2O4/c1-6-8-24(29)31-23-14-11-19(22(28)17-27-25(3,4)5)15-21(23)26-16-18-9-12-20(13-10-18)30-7-2/h9-15,22,26-28H,6-8,16-17H2,1-5H3. The summed E-state index contributed by atoms with van der Waals surface area (Å²) in [5.41, 5.74) is 2.40. The fourth-order valence-corrected chi connectivity index (χ4v) is 2.95. The Morgan fingerprint density at radius 1 is 1.10 bits per heavy atom. The smallest absolute Gasteiger partial charge is 0.311 e. The van der Waals surface area contributed by atoms with Gasteiger partial charge in [-0.25, -0.2) is 0 Å². The molecule has 0 bridgehead atoms. The summed E-state index contributed by atoms with van der Waals surface area (Å²) in [5.74, 6) is 1.02. The molecule has 1 unspecified atom stereocenters. The third-order valence-corrected chi connectivity index (χ3v) is 4.61. The third kappa shape index (κ3) is 8.59. The Morgan fingerprint density at radius 3 is 2.42 bits per heavy atom. The van der Waals surface area contributed by atoms with Crippen molar-refractivity contribution >= 4 is 11.7 Å². The number of nitrogens with one attached hydrogen (secondary N) is 2. The number of hydrogen-bond acceptors (Lipinski definition) is 6. The monoisotopic (exact) mass is 428 g/mol. The molecule has 0 aromatic heterocycles. The van der Waals surface area contributed by atoms with Crippen LogP contribution in [0.1, 0.15) is 64.7 Å². The Bertz CT molecular complexity index is 828. The van der Waals surface area contributed by atoms with E-state index in [9.17, 15) is 9.90 Å². The molecule has 2 rings (SSSR count). The van der Waals surface area contributed by atoms with Crippen LogP contribution in [0.15, 0.2) is 42.5 Å². The van der Waals surface area contributed by atoms with Crippen molar-refractivity contribution in [3.05, 3.63) is 53.6 Å². The fraction of sp³-hybridized carbons (Fsp3) is 0.480. The predicted octanol–water partition coefficient (Wildman–Crippen LogP) is 4.82. The number of hydrogen-bond donors (Lipinski definition) is 3. The predicted molar refractivity (Wildman–Crippen MR) is 125 cm³/mol. The van der Waals surface area contributed by atoms with Gasteiger partial charge in [-0.1, -0.05) is 25.1 Å². The first-order valence-electron chi connectivity index (χ1n) is 10.9. The van der Waals surface area contributed by atoms with Gasteiger partial charge in [-0.05, 0) is 69.5 Å². The van der Waals surface area contributed by atoms with E-state index in [1.807, 2.05) is 44.2 Å². The highest BCUT2D eigenvalue weighted by Gasteiger charge is 2.16. The van der Waals surface area contributed by atoms with Crippen LogP contribution in [0.4, 0.5) is 5.69 Å². The molecule has 31 heavy (non-hydrogen) atoms. The lowest BCUT2D eigenvalue weighted by Crippen LogP contribution is -2.38. The number of rotatable bonds is 11. The number of anilines is 1. The van der Waals surface area contributed by atoms with Crippen LogP contribution in [-0.4, -0.2) is 29.8 Å². The number of ether oxygens (including phenoxy) is 2. The zero-order chi connectivity index (χ0) is 22.9. The third-order valence-electron chi connectivity index (χ3n) is 4.61. The number of aliphatic hydroxyl groups excluding tert-OH is 1. The van der Waals surface area contributed by atoms with Crippen molar-refractivity contribution in [2.75, 3.05) is 18.5 Å². The van der Waals surface area contributed by atoms with Gasteiger partial charge in [-0.3, -0.25) is 4.79 Å². The van der Waals surface area contributed by atoms with Crippen LogP contribution < -0.4 is 20.1 Å². The molecule has 3 N–H and O–H groups in total. The van der Waals surface area contributed by atoms with E-state index < -0.39 is 6.10 Å². The van der Waals surface area contributed by atoms with Gasteiger partial charge in [0, 0.05) is 25.0 Å². The van der Waals surface area contributed by atoms with E-state index in [-0.39, 0.29) is 11.5 Å². The highest BCUT2D eigenvalue weighted by atomic mass is 16.5. The van der Waals surface area contributed by atoms with Crippen LogP contribution in [0.5, 0.6) is 11.5 Å². The van der Waals surface area contributed by atoms with Crippen LogP contribution >= 0.6 is 0 Å². The topological polar surface area (TPSA) is 79.8 Å². The molecule has 1 atom stereocenters. The largest absolute Gasteiger partial charge is 0.494 e. The summed E-state index contributed by atoms with van der Waals surface area (Å²) < 4.78 is 11.0. The van der Waals surface area contributed by atoms with E-state index in [1.165, 1.54) is 0 Å². The highest BCUT2D eigenvalue weighted by molar-refractivity contribution is 5.75.